The Morgan fingerprint density at radius 1 is 1.11 bits per heavy atom. The van der Waals surface area contributed by atoms with Crippen molar-refractivity contribution in [2.24, 2.45) is 29.6 Å². The molecule has 1 N–H and O–H groups in total. The first kappa shape index (κ1) is 18.2. The molecule has 0 bridgehead atoms. The largest absolute Gasteiger partial charge is 0.381 e. The lowest BCUT2D eigenvalue weighted by atomic mass is 9.68. The van der Waals surface area contributed by atoms with Crippen molar-refractivity contribution in [2.75, 3.05) is 24.7 Å². The van der Waals surface area contributed by atoms with Gasteiger partial charge in [0.15, 0.2) is 0 Å². The van der Waals surface area contributed by atoms with Gasteiger partial charge in [-0.3, -0.25) is 19.3 Å². The normalized spacial score (nSPS) is 33.2. The molecular weight excluding hydrogens is 344 g/mol. The quantitative estimate of drug-likeness (QED) is 0.823. The molecule has 6 heteroatoms. The molecule has 0 aromatic heterocycles. The number of hydrogen-bond acceptors (Lipinski definition) is 4. The minimum Gasteiger partial charge on any atom is -0.381 e. The van der Waals surface area contributed by atoms with E-state index in [1.54, 1.807) is 12.1 Å². The van der Waals surface area contributed by atoms with Gasteiger partial charge in [-0.25, -0.2) is 0 Å². The van der Waals surface area contributed by atoms with Gasteiger partial charge in [0, 0.05) is 19.1 Å². The maximum Gasteiger partial charge on any atom is 0.238 e. The minimum absolute atomic E-state index is 0.0974. The van der Waals surface area contributed by atoms with Gasteiger partial charge in [0.1, 0.15) is 0 Å². The topological polar surface area (TPSA) is 75.7 Å². The van der Waals surface area contributed by atoms with Crippen LogP contribution in [-0.2, 0) is 19.1 Å². The van der Waals surface area contributed by atoms with E-state index >= 15 is 0 Å². The van der Waals surface area contributed by atoms with Crippen LogP contribution in [0.1, 0.15) is 26.2 Å². The molecule has 3 fully saturated rings. The van der Waals surface area contributed by atoms with Crippen LogP contribution in [0.25, 0.3) is 0 Å². The molecule has 1 aliphatic carbocycles. The number of anilines is 1. The molecule has 0 radical (unpaired) electrons. The Balaban J connectivity index is 1.54. The molecule has 2 aliphatic heterocycles. The monoisotopic (exact) mass is 370 g/mol. The summed E-state index contributed by atoms with van der Waals surface area (Å²) in [7, 11) is 0. The molecule has 5 atom stereocenters. The maximum absolute atomic E-state index is 13.2. The van der Waals surface area contributed by atoms with E-state index < -0.39 is 17.8 Å². The van der Waals surface area contributed by atoms with E-state index in [-0.39, 0.29) is 23.6 Å². The first-order chi connectivity index (χ1) is 13.1. The fourth-order valence-electron chi connectivity index (χ4n) is 4.78. The predicted molar refractivity (Wildman–Crippen MR) is 99.7 cm³/mol. The Morgan fingerprint density at radius 2 is 1.85 bits per heavy atom. The summed E-state index contributed by atoms with van der Waals surface area (Å²) < 4.78 is 5.36. The van der Waals surface area contributed by atoms with Crippen LogP contribution in [0, 0.1) is 29.6 Å². The summed E-state index contributed by atoms with van der Waals surface area (Å²) in [6.07, 6.45) is 2.39. The third-order valence-electron chi connectivity index (χ3n) is 6.32. The lowest BCUT2D eigenvalue weighted by Crippen LogP contribution is -2.45. The summed E-state index contributed by atoms with van der Waals surface area (Å²) in [5.74, 6) is -1.43. The van der Waals surface area contributed by atoms with E-state index in [4.69, 9.17) is 4.74 Å². The highest BCUT2D eigenvalue weighted by Gasteiger charge is 2.56. The molecule has 0 spiro atoms. The van der Waals surface area contributed by atoms with Crippen LogP contribution in [-0.4, -0.2) is 37.5 Å². The number of amides is 3. The summed E-state index contributed by atoms with van der Waals surface area (Å²) in [5, 5.41) is 3.01. The number of nitrogens with one attached hydrogen (secondary N) is 1. The Hall–Kier alpha value is -2.21. The average molecular weight is 370 g/mol. The van der Waals surface area contributed by atoms with Crippen LogP contribution < -0.4 is 10.2 Å². The number of benzene rings is 1. The van der Waals surface area contributed by atoms with Gasteiger partial charge in [-0.2, -0.15) is 0 Å². The Labute approximate surface area is 159 Å². The van der Waals surface area contributed by atoms with Crippen molar-refractivity contribution in [3.8, 4) is 0 Å². The van der Waals surface area contributed by atoms with Crippen molar-refractivity contribution in [1.82, 2.24) is 5.32 Å². The van der Waals surface area contributed by atoms with Crippen LogP contribution in [0.2, 0.25) is 0 Å². The Bertz CT molecular complexity index is 729. The Morgan fingerprint density at radius 3 is 2.56 bits per heavy atom. The average Bonchev–Trinajstić information content (AvgIpc) is 3.28. The molecule has 27 heavy (non-hydrogen) atoms. The first-order valence-corrected chi connectivity index (χ1v) is 9.86. The first-order valence-electron chi connectivity index (χ1n) is 9.86. The highest BCUT2D eigenvalue weighted by Crippen LogP contribution is 2.46. The van der Waals surface area contributed by atoms with E-state index in [9.17, 15) is 14.4 Å². The van der Waals surface area contributed by atoms with Gasteiger partial charge >= 0.3 is 0 Å². The third kappa shape index (κ3) is 3.27. The molecule has 0 unspecified atom stereocenters. The molecule has 1 aromatic carbocycles. The zero-order valence-electron chi connectivity index (χ0n) is 15.6. The number of hydrogen-bond donors (Lipinski definition) is 1. The summed E-state index contributed by atoms with van der Waals surface area (Å²) in [6, 6.07) is 9.03. The summed E-state index contributed by atoms with van der Waals surface area (Å²) in [5.41, 5.74) is 0.594. The predicted octanol–water partition coefficient (Wildman–Crippen LogP) is 1.99. The second-order valence-corrected chi connectivity index (χ2v) is 8.03. The van der Waals surface area contributed by atoms with Crippen LogP contribution in [0.5, 0.6) is 0 Å². The molecule has 144 valence electrons. The van der Waals surface area contributed by atoms with E-state index in [1.165, 1.54) is 4.90 Å². The van der Waals surface area contributed by atoms with Gasteiger partial charge in [0.2, 0.25) is 17.7 Å². The lowest BCUT2D eigenvalue weighted by Gasteiger charge is -2.34. The van der Waals surface area contributed by atoms with Crippen molar-refractivity contribution in [2.45, 2.75) is 26.2 Å². The van der Waals surface area contributed by atoms with Gasteiger partial charge in [0.05, 0.1) is 30.0 Å². The number of para-hydroxylation sites is 1. The van der Waals surface area contributed by atoms with Gasteiger partial charge in [-0.05, 0) is 37.3 Å². The second-order valence-electron chi connectivity index (χ2n) is 8.03. The van der Waals surface area contributed by atoms with Gasteiger partial charge < -0.3 is 10.1 Å². The zero-order chi connectivity index (χ0) is 19.0. The maximum atomic E-state index is 13.2. The molecule has 3 aliphatic rings. The SMILES string of the molecule is C[C@@H]1CC[C@H](C(=O)NC[C@@H]2CCOC2)[C@H]2C(=O)N(c3ccccc3)C(=O)[C@@H]21. The summed E-state index contributed by atoms with van der Waals surface area (Å²) >= 11 is 0. The van der Waals surface area contributed by atoms with Gasteiger partial charge in [0.25, 0.3) is 0 Å². The van der Waals surface area contributed by atoms with Crippen molar-refractivity contribution >= 4 is 23.4 Å². The molecule has 1 saturated carbocycles. The number of carbonyl (C=O) groups excluding carboxylic acids is 3. The molecule has 4 rings (SSSR count). The van der Waals surface area contributed by atoms with Crippen molar-refractivity contribution < 1.29 is 19.1 Å². The lowest BCUT2D eigenvalue weighted by molar-refractivity contribution is -0.136. The van der Waals surface area contributed by atoms with Crippen molar-refractivity contribution in [3.05, 3.63) is 30.3 Å². The van der Waals surface area contributed by atoms with Crippen molar-refractivity contribution in [3.63, 3.8) is 0 Å². The third-order valence-corrected chi connectivity index (χ3v) is 6.32. The van der Waals surface area contributed by atoms with E-state index in [1.807, 2.05) is 25.1 Å². The summed E-state index contributed by atoms with van der Waals surface area (Å²) in [4.78, 5) is 40.4. The number of nitrogens with zero attached hydrogens (tertiary/aromatic N) is 1. The van der Waals surface area contributed by atoms with Gasteiger partial charge in [-0.1, -0.05) is 25.1 Å². The van der Waals surface area contributed by atoms with Crippen LogP contribution >= 0.6 is 0 Å². The van der Waals surface area contributed by atoms with E-state index in [2.05, 4.69) is 5.32 Å². The van der Waals surface area contributed by atoms with Crippen LogP contribution in [0.4, 0.5) is 5.69 Å². The van der Waals surface area contributed by atoms with Crippen molar-refractivity contribution in [1.29, 1.82) is 0 Å². The number of fused-ring (bicyclic) bond motifs is 1. The molecule has 6 nitrogen and oxygen atoms in total. The van der Waals surface area contributed by atoms with E-state index in [0.717, 1.165) is 19.4 Å². The Kier molecular flexibility index (Phi) is 5.00. The fourth-order valence-corrected chi connectivity index (χ4v) is 4.78. The second kappa shape index (κ2) is 7.43. The van der Waals surface area contributed by atoms with Gasteiger partial charge in [-0.15, -0.1) is 0 Å². The van der Waals surface area contributed by atoms with Crippen LogP contribution in [0.3, 0.4) is 0 Å². The molecule has 3 amide bonds. The number of ether oxygens (including phenoxy) is 1. The summed E-state index contributed by atoms with van der Waals surface area (Å²) in [6.45, 7) is 4.01. The standard InChI is InChI=1S/C21H26N2O4/c1-13-7-8-16(19(24)22-11-14-9-10-27-12-14)18-17(13)20(25)23(21(18)26)15-5-3-2-4-6-15/h2-6,13-14,16-18H,7-12H2,1H3,(H,22,24)/t13-,14+,16+,17-,18-/m1/s1. The fraction of sp³-hybridized carbons (Fsp3) is 0.571. The highest BCUT2D eigenvalue weighted by molar-refractivity contribution is 6.23. The van der Waals surface area contributed by atoms with Crippen LogP contribution in [0.15, 0.2) is 30.3 Å². The molecule has 2 saturated heterocycles. The molecule has 2 heterocycles. The number of rotatable bonds is 4. The smallest absolute Gasteiger partial charge is 0.238 e. The molecular formula is C21H26N2O4. The molecule has 1 aromatic rings. The highest BCUT2D eigenvalue weighted by atomic mass is 16.5. The zero-order valence-corrected chi connectivity index (χ0v) is 15.6. The number of imide groups is 1. The van der Waals surface area contributed by atoms with E-state index in [0.29, 0.717) is 31.2 Å². The number of carbonyl (C=O) groups is 3. The minimum atomic E-state index is -0.554.